The molecule has 1 unspecified atom stereocenters. The zero-order valence-corrected chi connectivity index (χ0v) is 32.2. The summed E-state index contributed by atoms with van der Waals surface area (Å²) in [4.78, 5) is 50.6. The molecule has 15 heteroatoms. The van der Waals surface area contributed by atoms with E-state index < -0.39 is 29.7 Å². The fourth-order valence-corrected chi connectivity index (χ4v) is 9.46. The van der Waals surface area contributed by atoms with Gasteiger partial charge in [0.1, 0.15) is 29.6 Å². The molecule has 4 heterocycles. The van der Waals surface area contributed by atoms with Crippen LogP contribution >= 0.6 is 22.7 Å². The number of esters is 3. The van der Waals surface area contributed by atoms with Gasteiger partial charge >= 0.3 is 17.9 Å². The van der Waals surface area contributed by atoms with Crippen LogP contribution in [-0.4, -0.2) is 44.0 Å². The minimum absolute atomic E-state index is 0.0530. The van der Waals surface area contributed by atoms with Gasteiger partial charge in [-0.05, 0) is 84.3 Å². The van der Waals surface area contributed by atoms with Crippen LogP contribution in [0.2, 0.25) is 0 Å². The molecule has 13 nitrogen and oxygen atoms in total. The Bertz CT molecular complexity index is 2370. The van der Waals surface area contributed by atoms with Crippen molar-refractivity contribution in [1.29, 1.82) is 5.26 Å². The summed E-state index contributed by atoms with van der Waals surface area (Å²) in [5.41, 5.74) is 22.0. The summed E-state index contributed by atoms with van der Waals surface area (Å²) in [6.07, 6.45) is 3.66. The number of ketones is 1. The summed E-state index contributed by atoms with van der Waals surface area (Å²) in [5, 5.41) is 20.7. The number of allylic oxidation sites excluding steroid dienone is 2. The lowest BCUT2D eigenvalue weighted by atomic mass is 9.79. The predicted molar refractivity (Wildman–Crippen MR) is 210 cm³/mol. The Morgan fingerprint density at radius 3 is 1.91 bits per heavy atom. The van der Waals surface area contributed by atoms with E-state index in [1.54, 1.807) is 13.0 Å². The molecular formula is C40H40N6O7S2. The quantitative estimate of drug-likeness (QED) is 0.120. The van der Waals surface area contributed by atoms with E-state index >= 15 is 0 Å². The molecule has 55 heavy (non-hydrogen) atoms. The normalized spacial score (nSPS) is 17.7. The van der Waals surface area contributed by atoms with Gasteiger partial charge in [0.2, 0.25) is 0 Å². The second-order valence-electron chi connectivity index (χ2n) is 13.2. The summed E-state index contributed by atoms with van der Waals surface area (Å²) in [6, 6.07) is 15.4. The standard InChI is InChI=1S/C23H23N3O3S.C17H17N3O4S/c1-12-18(13(2)27)19(17-11-30-21-14(10-24)6-5-9-16(17)21)20(22(25)26-12)23(28)29-15-7-3-4-8-15;1-23-16(21)12-11(9-7-25-10-6-4-3-5-8(9)10)13(17(22)24-2)15(19)20-14(12)18/h5-6,9,11,15,19,26H,3-4,7-8,25H2,1-2H3;3-7,11,20H,18-19H2,1-2H3. The van der Waals surface area contributed by atoms with Crippen LogP contribution in [0, 0.1) is 11.3 Å². The van der Waals surface area contributed by atoms with Crippen molar-refractivity contribution < 1.29 is 33.4 Å². The van der Waals surface area contributed by atoms with Crippen LogP contribution in [0.4, 0.5) is 0 Å². The molecular weight excluding hydrogens is 741 g/mol. The highest BCUT2D eigenvalue weighted by Crippen LogP contribution is 2.45. The van der Waals surface area contributed by atoms with E-state index in [0.717, 1.165) is 57.0 Å². The van der Waals surface area contributed by atoms with E-state index in [9.17, 15) is 24.4 Å². The predicted octanol–water partition coefficient (Wildman–Crippen LogP) is 5.25. The highest BCUT2D eigenvalue weighted by molar-refractivity contribution is 7.17. The van der Waals surface area contributed by atoms with Gasteiger partial charge in [0, 0.05) is 16.0 Å². The molecule has 7 rings (SSSR count). The van der Waals surface area contributed by atoms with Crippen LogP contribution in [0.15, 0.2) is 98.7 Å². The van der Waals surface area contributed by atoms with Crippen molar-refractivity contribution >= 4 is 66.5 Å². The van der Waals surface area contributed by atoms with E-state index in [-0.39, 0.29) is 46.1 Å². The third-order valence-electron chi connectivity index (χ3n) is 9.89. The highest BCUT2D eigenvalue weighted by Gasteiger charge is 2.41. The molecule has 2 aromatic heterocycles. The van der Waals surface area contributed by atoms with E-state index in [1.807, 2.05) is 47.2 Å². The topological polar surface area (TPSA) is 222 Å². The number of methoxy groups -OCH3 is 2. The van der Waals surface area contributed by atoms with Gasteiger partial charge < -0.3 is 42.0 Å². The molecule has 284 valence electrons. The molecule has 1 fully saturated rings. The lowest BCUT2D eigenvalue weighted by Gasteiger charge is -2.30. The third kappa shape index (κ3) is 7.26. The number of benzene rings is 2. The first kappa shape index (κ1) is 38.6. The third-order valence-corrected chi connectivity index (χ3v) is 11.9. The van der Waals surface area contributed by atoms with Crippen molar-refractivity contribution in [1.82, 2.24) is 10.6 Å². The maximum atomic E-state index is 13.2. The zero-order valence-electron chi connectivity index (χ0n) is 30.6. The summed E-state index contributed by atoms with van der Waals surface area (Å²) >= 11 is 2.93. The first-order valence-corrected chi connectivity index (χ1v) is 19.2. The number of nitriles is 1. The Labute approximate surface area is 325 Å². The molecule has 1 saturated carbocycles. The lowest BCUT2D eigenvalue weighted by molar-refractivity contribution is -0.144. The van der Waals surface area contributed by atoms with Gasteiger partial charge in [-0.15, -0.1) is 22.7 Å². The molecule has 2 aromatic carbocycles. The minimum Gasteiger partial charge on any atom is -0.466 e. The average molecular weight is 781 g/mol. The number of nitrogens with one attached hydrogen (secondary N) is 2. The van der Waals surface area contributed by atoms with Crippen molar-refractivity contribution in [2.75, 3.05) is 14.2 Å². The molecule has 0 bridgehead atoms. The van der Waals surface area contributed by atoms with E-state index in [0.29, 0.717) is 16.8 Å². The number of rotatable bonds is 7. The number of ether oxygens (including phenoxy) is 3. The second-order valence-corrected chi connectivity index (χ2v) is 15.0. The summed E-state index contributed by atoms with van der Waals surface area (Å²) in [5.74, 6) is -3.01. The van der Waals surface area contributed by atoms with E-state index in [1.165, 1.54) is 43.8 Å². The van der Waals surface area contributed by atoms with Crippen molar-refractivity contribution in [3.63, 3.8) is 0 Å². The van der Waals surface area contributed by atoms with Crippen LogP contribution in [0.3, 0.4) is 0 Å². The second kappa shape index (κ2) is 16.1. The number of hydrogen-bond donors (Lipinski definition) is 5. The Kier molecular flexibility index (Phi) is 11.3. The molecule has 2 aliphatic heterocycles. The largest absolute Gasteiger partial charge is 0.466 e. The number of Topliss-reactive ketones (excluding diaryl/α,β-unsaturated/α-hetero) is 1. The molecule has 0 saturated heterocycles. The smallest absolute Gasteiger partial charge is 0.338 e. The molecule has 3 aliphatic rings. The maximum absolute atomic E-state index is 13.2. The van der Waals surface area contributed by atoms with Crippen LogP contribution in [0.5, 0.6) is 0 Å². The number of carbonyl (C=O) groups is 4. The Morgan fingerprint density at radius 1 is 0.745 bits per heavy atom. The summed E-state index contributed by atoms with van der Waals surface area (Å²) in [7, 11) is 2.51. The Balaban J connectivity index is 0.000000190. The molecule has 8 N–H and O–H groups in total. The van der Waals surface area contributed by atoms with Gasteiger partial charge in [-0.1, -0.05) is 30.3 Å². The summed E-state index contributed by atoms with van der Waals surface area (Å²) in [6.45, 7) is 3.27. The van der Waals surface area contributed by atoms with Gasteiger partial charge in [-0.25, -0.2) is 14.4 Å². The fourth-order valence-electron chi connectivity index (χ4n) is 7.41. The van der Waals surface area contributed by atoms with Gasteiger partial charge in [-0.2, -0.15) is 5.26 Å². The number of hydrogen-bond acceptors (Lipinski definition) is 15. The lowest BCUT2D eigenvalue weighted by Crippen LogP contribution is -2.39. The number of carbonyl (C=O) groups excluding carboxylic acids is 4. The summed E-state index contributed by atoms with van der Waals surface area (Å²) < 4.78 is 17.4. The Hall–Kier alpha value is -6.11. The fraction of sp³-hybridized carbons (Fsp3) is 0.275. The number of nitrogens with zero attached hydrogens (tertiary/aromatic N) is 1. The number of fused-ring (bicyclic) bond motifs is 2. The van der Waals surface area contributed by atoms with Crippen LogP contribution in [-0.2, 0) is 33.4 Å². The highest BCUT2D eigenvalue weighted by atomic mass is 32.1. The van der Waals surface area contributed by atoms with Crippen molar-refractivity contribution in [2.24, 2.45) is 17.2 Å². The van der Waals surface area contributed by atoms with E-state index in [4.69, 9.17) is 31.4 Å². The van der Waals surface area contributed by atoms with Gasteiger partial charge in [0.25, 0.3) is 0 Å². The molecule has 1 aliphatic carbocycles. The van der Waals surface area contributed by atoms with Crippen molar-refractivity contribution in [3.05, 3.63) is 115 Å². The molecule has 1 atom stereocenters. The maximum Gasteiger partial charge on any atom is 0.338 e. The molecule has 4 aromatic rings. The van der Waals surface area contributed by atoms with Crippen molar-refractivity contribution in [3.8, 4) is 6.07 Å². The van der Waals surface area contributed by atoms with Crippen LogP contribution in [0.25, 0.3) is 20.2 Å². The van der Waals surface area contributed by atoms with Gasteiger partial charge in [0.05, 0.1) is 53.0 Å². The first-order valence-electron chi connectivity index (χ1n) is 17.4. The minimum atomic E-state index is -0.780. The van der Waals surface area contributed by atoms with Crippen LogP contribution in [0.1, 0.15) is 68.1 Å². The van der Waals surface area contributed by atoms with E-state index in [2.05, 4.69) is 16.7 Å². The van der Waals surface area contributed by atoms with Crippen molar-refractivity contribution in [2.45, 2.75) is 57.5 Å². The monoisotopic (exact) mass is 780 g/mol. The molecule has 0 radical (unpaired) electrons. The first-order chi connectivity index (χ1) is 26.4. The zero-order chi connectivity index (χ0) is 39.6. The Morgan fingerprint density at radius 2 is 1.29 bits per heavy atom. The van der Waals surface area contributed by atoms with Gasteiger partial charge in [-0.3, -0.25) is 4.79 Å². The van der Waals surface area contributed by atoms with Gasteiger partial charge in [0.15, 0.2) is 5.78 Å². The SMILES string of the molecule is CC(=O)C1=C(C)NC(N)=C(C(=O)OC2CCCC2)C1c1csc2c(C#N)cccc12.COC(=O)C1=C(N)NC(N)=C(C(=O)OC)C1c1csc2ccccc12. The number of nitrogens with two attached hydrogens (primary N) is 3. The number of dihydropyridines is 2. The molecule has 0 spiro atoms. The molecule has 0 amide bonds. The number of thiophene rings is 2. The average Bonchev–Trinajstić information content (AvgIpc) is 3.94. The van der Waals surface area contributed by atoms with Crippen LogP contribution < -0.4 is 27.8 Å².